The molecule has 0 aromatic carbocycles. The van der Waals surface area contributed by atoms with Crippen LogP contribution in [0.1, 0.15) is 44.9 Å². The van der Waals surface area contributed by atoms with Gasteiger partial charge in [-0.15, -0.1) is 0 Å². The second kappa shape index (κ2) is 3.83. The largest absolute Gasteiger partial charge is 0.276 e. The molecule has 8 aliphatic carbocycles. The highest BCUT2D eigenvalue weighted by atomic mass is 16.2. The number of allylic oxidation sites excluding steroid dienone is 2. The molecule has 0 unspecified atom stereocenters. The molecule has 6 atom stereocenters. The monoisotopic (exact) mass is 323 g/mol. The molecule has 3 nitrogen and oxygen atoms in total. The van der Waals surface area contributed by atoms with Crippen LogP contribution in [0.3, 0.4) is 0 Å². The lowest BCUT2D eigenvalue weighted by Gasteiger charge is -2.59. The Bertz CT molecular complexity index is 637. The van der Waals surface area contributed by atoms with Crippen molar-refractivity contribution in [3.05, 3.63) is 12.2 Å². The van der Waals surface area contributed by atoms with Crippen LogP contribution in [-0.2, 0) is 9.59 Å². The zero-order valence-corrected chi connectivity index (χ0v) is 14.1. The van der Waals surface area contributed by atoms with Crippen LogP contribution in [0.2, 0.25) is 0 Å². The first-order valence-electron chi connectivity index (χ1n) is 10.2. The highest BCUT2D eigenvalue weighted by molar-refractivity contribution is 6.07. The summed E-state index contributed by atoms with van der Waals surface area (Å²) in [5.74, 6) is 5.00. The van der Waals surface area contributed by atoms with Crippen LogP contribution in [0, 0.1) is 53.3 Å². The van der Waals surface area contributed by atoms with Crippen molar-refractivity contribution in [1.29, 1.82) is 0 Å². The molecular formula is C21H25NO2. The van der Waals surface area contributed by atoms with Crippen molar-refractivity contribution in [2.45, 2.75) is 50.5 Å². The number of hydrogen-bond acceptors (Lipinski definition) is 2. The third kappa shape index (κ3) is 1.33. The SMILES string of the molecule is O=C1[C@H]2[C@@H]3C=C[C@H]([C@@H]4C[C@H]34)[C@@H]2C(=O)N1C12CC3CC(CC(C3)C1)C2. The fraction of sp³-hybridized carbons (Fsp3) is 0.810. The van der Waals surface area contributed by atoms with Gasteiger partial charge in [-0.1, -0.05) is 12.2 Å². The Morgan fingerprint density at radius 1 is 0.750 bits per heavy atom. The van der Waals surface area contributed by atoms with Gasteiger partial charge in [-0.3, -0.25) is 14.5 Å². The third-order valence-electron chi connectivity index (χ3n) is 9.14. The molecule has 24 heavy (non-hydrogen) atoms. The number of hydrogen-bond donors (Lipinski definition) is 0. The van der Waals surface area contributed by atoms with Crippen molar-refractivity contribution in [2.75, 3.05) is 0 Å². The zero-order chi connectivity index (χ0) is 15.8. The smallest absolute Gasteiger partial charge is 0.234 e. The molecule has 1 heterocycles. The van der Waals surface area contributed by atoms with Gasteiger partial charge in [0.1, 0.15) is 0 Å². The summed E-state index contributed by atoms with van der Waals surface area (Å²) in [6.07, 6.45) is 13.3. The Morgan fingerprint density at radius 2 is 1.21 bits per heavy atom. The number of carbonyl (C=O) groups excluding carboxylic acids is 2. The van der Waals surface area contributed by atoms with E-state index in [2.05, 4.69) is 12.2 Å². The Kier molecular flexibility index (Phi) is 2.10. The summed E-state index contributed by atoms with van der Waals surface area (Å²) in [5, 5.41) is 0. The van der Waals surface area contributed by atoms with Gasteiger partial charge < -0.3 is 0 Å². The lowest BCUT2D eigenvalue weighted by atomic mass is 9.52. The van der Waals surface area contributed by atoms with E-state index in [0.29, 0.717) is 23.7 Å². The molecule has 0 aromatic heterocycles. The van der Waals surface area contributed by atoms with Crippen molar-refractivity contribution in [1.82, 2.24) is 4.90 Å². The average molecular weight is 323 g/mol. The van der Waals surface area contributed by atoms with Gasteiger partial charge in [0.25, 0.3) is 0 Å². The van der Waals surface area contributed by atoms with E-state index >= 15 is 0 Å². The predicted molar refractivity (Wildman–Crippen MR) is 87.5 cm³/mol. The molecule has 3 heteroatoms. The van der Waals surface area contributed by atoms with E-state index in [-0.39, 0.29) is 29.2 Å². The number of likely N-dealkylation sites (tertiary alicyclic amines) is 1. The van der Waals surface area contributed by atoms with Gasteiger partial charge in [-0.05, 0) is 86.4 Å². The van der Waals surface area contributed by atoms with Gasteiger partial charge >= 0.3 is 0 Å². The molecule has 9 rings (SSSR count). The summed E-state index contributed by atoms with van der Waals surface area (Å²) in [5.41, 5.74) is -0.0795. The molecule has 0 spiro atoms. The van der Waals surface area contributed by atoms with Crippen LogP contribution < -0.4 is 0 Å². The summed E-state index contributed by atoms with van der Waals surface area (Å²) < 4.78 is 0. The third-order valence-corrected chi connectivity index (χ3v) is 9.14. The van der Waals surface area contributed by atoms with E-state index in [0.717, 1.165) is 37.0 Å². The number of rotatable bonds is 1. The van der Waals surface area contributed by atoms with E-state index in [9.17, 15) is 9.59 Å². The summed E-state index contributed by atoms with van der Waals surface area (Å²) in [4.78, 5) is 28.9. The zero-order valence-electron chi connectivity index (χ0n) is 14.1. The van der Waals surface area contributed by atoms with Crippen LogP contribution in [-0.4, -0.2) is 22.3 Å². The van der Waals surface area contributed by atoms with Crippen molar-refractivity contribution >= 4 is 11.8 Å². The molecule has 0 aromatic rings. The van der Waals surface area contributed by atoms with E-state index in [1.54, 1.807) is 0 Å². The van der Waals surface area contributed by atoms with Crippen molar-refractivity contribution in [3.63, 3.8) is 0 Å². The lowest BCUT2D eigenvalue weighted by molar-refractivity contribution is -0.159. The first-order chi connectivity index (χ1) is 11.6. The van der Waals surface area contributed by atoms with Gasteiger partial charge in [0, 0.05) is 0 Å². The number of nitrogens with zero attached hydrogens (tertiary/aromatic N) is 1. The second-order valence-corrected chi connectivity index (χ2v) is 10.3. The fourth-order valence-electron chi connectivity index (χ4n) is 8.76. The minimum absolute atomic E-state index is 0.00394. The summed E-state index contributed by atoms with van der Waals surface area (Å²) in [6, 6.07) is 0. The van der Waals surface area contributed by atoms with Crippen LogP contribution in [0.5, 0.6) is 0 Å². The molecule has 7 fully saturated rings. The van der Waals surface area contributed by atoms with Crippen LogP contribution in [0.25, 0.3) is 0 Å². The highest BCUT2D eigenvalue weighted by Crippen LogP contribution is 2.67. The summed E-state index contributed by atoms with van der Waals surface area (Å²) in [6.45, 7) is 0. The topological polar surface area (TPSA) is 37.4 Å². The normalized spacial score (nSPS) is 61.5. The van der Waals surface area contributed by atoms with E-state index in [4.69, 9.17) is 0 Å². The Hall–Kier alpha value is -1.12. The van der Waals surface area contributed by atoms with Crippen LogP contribution >= 0.6 is 0 Å². The van der Waals surface area contributed by atoms with E-state index < -0.39 is 0 Å². The molecule has 126 valence electrons. The Labute approximate surface area is 142 Å². The van der Waals surface area contributed by atoms with Gasteiger partial charge in [0.15, 0.2) is 0 Å². The maximum atomic E-state index is 13.5. The first-order valence-corrected chi connectivity index (χ1v) is 10.2. The molecule has 1 aliphatic heterocycles. The molecule has 6 bridgehead atoms. The molecule has 0 radical (unpaired) electrons. The average Bonchev–Trinajstić information content (AvgIpc) is 3.30. The van der Waals surface area contributed by atoms with Gasteiger partial charge in [-0.25, -0.2) is 0 Å². The van der Waals surface area contributed by atoms with Crippen LogP contribution in [0.4, 0.5) is 0 Å². The molecule has 2 amide bonds. The maximum Gasteiger partial charge on any atom is 0.234 e. The molecule has 1 saturated heterocycles. The molecular weight excluding hydrogens is 298 g/mol. The number of amides is 2. The maximum absolute atomic E-state index is 13.5. The first kappa shape index (κ1) is 13.1. The van der Waals surface area contributed by atoms with Crippen molar-refractivity contribution in [3.8, 4) is 0 Å². The Morgan fingerprint density at radius 3 is 1.67 bits per heavy atom. The van der Waals surface area contributed by atoms with Crippen molar-refractivity contribution in [2.24, 2.45) is 53.3 Å². The van der Waals surface area contributed by atoms with Gasteiger partial charge in [0.05, 0.1) is 17.4 Å². The van der Waals surface area contributed by atoms with Gasteiger partial charge in [0.2, 0.25) is 11.8 Å². The quantitative estimate of drug-likeness (QED) is 0.549. The summed E-state index contributed by atoms with van der Waals surface area (Å²) in [7, 11) is 0. The minimum atomic E-state index is -0.0795. The standard InChI is InChI=1S/C21H25NO2/c23-19-17-13-1-2-14(16-6-15(13)16)18(17)20(24)22(19)21-7-10-3-11(8-21)5-12(4-10)9-21/h1-2,10-18H,3-9H2/t10?,11?,12?,13-,14-,15-,16+,17+,18+,21?/m1/s1. The summed E-state index contributed by atoms with van der Waals surface area (Å²) >= 11 is 0. The predicted octanol–water partition coefficient (Wildman–Crippen LogP) is 3.01. The Balaban J connectivity index is 1.32. The second-order valence-electron chi connectivity index (χ2n) is 10.3. The highest BCUT2D eigenvalue weighted by Gasteiger charge is 2.70. The van der Waals surface area contributed by atoms with E-state index in [1.807, 2.05) is 4.90 Å². The lowest BCUT2D eigenvalue weighted by Crippen LogP contribution is -2.62. The van der Waals surface area contributed by atoms with Crippen molar-refractivity contribution < 1.29 is 9.59 Å². The molecule has 6 saturated carbocycles. The van der Waals surface area contributed by atoms with Crippen LogP contribution in [0.15, 0.2) is 12.2 Å². The minimum Gasteiger partial charge on any atom is -0.276 e. The molecule has 0 N–H and O–H groups in total. The molecule has 9 aliphatic rings. The number of imide groups is 1. The van der Waals surface area contributed by atoms with E-state index in [1.165, 1.54) is 25.7 Å². The number of carbonyl (C=O) groups is 2. The van der Waals surface area contributed by atoms with Gasteiger partial charge in [-0.2, -0.15) is 0 Å². The fourth-order valence-corrected chi connectivity index (χ4v) is 8.76.